The SMILES string of the molecule is CCCCN(C)C(=NCc1cc(OC)ccc1O)NCC.I. The molecule has 1 aromatic rings. The molecule has 1 rings (SSSR count). The van der Waals surface area contributed by atoms with Crippen molar-refractivity contribution in [2.45, 2.75) is 33.2 Å². The third-order valence-electron chi connectivity index (χ3n) is 3.23. The van der Waals surface area contributed by atoms with Gasteiger partial charge in [-0.1, -0.05) is 13.3 Å². The predicted molar refractivity (Wildman–Crippen MR) is 102 cm³/mol. The van der Waals surface area contributed by atoms with E-state index in [1.807, 2.05) is 20.0 Å². The molecule has 0 radical (unpaired) electrons. The van der Waals surface area contributed by atoms with Gasteiger partial charge in [-0.15, -0.1) is 24.0 Å². The molecule has 0 saturated carbocycles. The van der Waals surface area contributed by atoms with Crippen molar-refractivity contribution in [3.8, 4) is 11.5 Å². The molecule has 1 aromatic carbocycles. The quantitative estimate of drug-likeness (QED) is 0.403. The summed E-state index contributed by atoms with van der Waals surface area (Å²) in [6, 6.07) is 5.19. The van der Waals surface area contributed by atoms with Crippen molar-refractivity contribution in [3.05, 3.63) is 23.8 Å². The van der Waals surface area contributed by atoms with Crippen LogP contribution in [-0.2, 0) is 6.54 Å². The third kappa shape index (κ3) is 6.72. The highest BCUT2D eigenvalue weighted by molar-refractivity contribution is 14.0. The fraction of sp³-hybridized carbons (Fsp3) is 0.562. The first-order chi connectivity index (χ1) is 10.1. The summed E-state index contributed by atoms with van der Waals surface area (Å²) in [5.41, 5.74) is 0.758. The molecular formula is C16H28IN3O2. The minimum Gasteiger partial charge on any atom is -0.508 e. The lowest BCUT2D eigenvalue weighted by molar-refractivity contribution is 0.410. The zero-order valence-corrected chi connectivity index (χ0v) is 16.3. The van der Waals surface area contributed by atoms with Crippen LogP contribution in [0.25, 0.3) is 0 Å². The highest BCUT2D eigenvalue weighted by Crippen LogP contribution is 2.23. The summed E-state index contributed by atoms with van der Waals surface area (Å²) in [5, 5.41) is 13.2. The van der Waals surface area contributed by atoms with Gasteiger partial charge >= 0.3 is 0 Å². The number of phenols is 1. The molecule has 0 aliphatic carbocycles. The van der Waals surface area contributed by atoms with Gasteiger partial charge in [-0.3, -0.25) is 0 Å². The summed E-state index contributed by atoms with van der Waals surface area (Å²) < 4.78 is 5.18. The number of phenolic OH excluding ortho intramolecular Hbond substituents is 1. The Bertz CT molecular complexity index is 467. The van der Waals surface area contributed by atoms with Crippen molar-refractivity contribution in [3.63, 3.8) is 0 Å². The minimum absolute atomic E-state index is 0. The molecule has 2 N–H and O–H groups in total. The first-order valence-electron chi connectivity index (χ1n) is 7.47. The Hall–Kier alpha value is -1.18. The number of methoxy groups -OCH3 is 1. The van der Waals surface area contributed by atoms with Crippen molar-refractivity contribution in [1.82, 2.24) is 10.2 Å². The number of rotatable bonds is 7. The summed E-state index contributed by atoms with van der Waals surface area (Å²) in [5.74, 6) is 1.82. The fourth-order valence-corrected chi connectivity index (χ4v) is 1.95. The number of guanidine groups is 1. The minimum atomic E-state index is 0. The van der Waals surface area contributed by atoms with Gasteiger partial charge in [0.15, 0.2) is 5.96 Å². The molecule has 0 amide bonds. The normalized spacial score (nSPS) is 10.8. The van der Waals surface area contributed by atoms with E-state index >= 15 is 0 Å². The Morgan fingerprint density at radius 1 is 1.36 bits per heavy atom. The number of nitrogens with one attached hydrogen (secondary N) is 1. The van der Waals surface area contributed by atoms with Crippen molar-refractivity contribution >= 4 is 29.9 Å². The van der Waals surface area contributed by atoms with E-state index in [4.69, 9.17) is 4.74 Å². The van der Waals surface area contributed by atoms with Gasteiger partial charge in [0, 0.05) is 25.7 Å². The van der Waals surface area contributed by atoms with Crippen LogP contribution >= 0.6 is 24.0 Å². The van der Waals surface area contributed by atoms with Gasteiger partial charge in [-0.25, -0.2) is 4.99 Å². The lowest BCUT2D eigenvalue weighted by Gasteiger charge is -2.21. The number of ether oxygens (including phenoxy) is 1. The maximum Gasteiger partial charge on any atom is 0.193 e. The smallest absolute Gasteiger partial charge is 0.193 e. The highest BCUT2D eigenvalue weighted by Gasteiger charge is 2.07. The van der Waals surface area contributed by atoms with Crippen LogP contribution in [0.4, 0.5) is 0 Å². The largest absolute Gasteiger partial charge is 0.508 e. The highest BCUT2D eigenvalue weighted by atomic mass is 127. The molecule has 0 aliphatic heterocycles. The number of hydrogen-bond donors (Lipinski definition) is 2. The van der Waals surface area contributed by atoms with Gasteiger partial charge in [0.1, 0.15) is 11.5 Å². The van der Waals surface area contributed by atoms with Crippen LogP contribution in [0, 0.1) is 0 Å². The van der Waals surface area contributed by atoms with E-state index in [-0.39, 0.29) is 29.7 Å². The van der Waals surface area contributed by atoms with E-state index in [9.17, 15) is 5.11 Å². The van der Waals surface area contributed by atoms with Gasteiger partial charge in [-0.2, -0.15) is 0 Å². The lowest BCUT2D eigenvalue weighted by atomic mass is 10.2. The number of hydrogen-bond acceptors (Lipinski definition) is 3. The van der Waals surface area contributed by atoms with Gasteiger partial charge in [0.25, 0.3) is 0 Å². The molecule has 0 unspecified atom stereocenters. The summed E-state index contributed by atoms with van der Waals surface area (Å²) in [6.07, 6.45) is 2.28. The molecule has 0 aromatic heterocycles. The molecular weight excluding hydrogens is 393 g/mol. The average molecular weight is 421 g/mol. The molecule has 0 saturated heterocycles. The zero-order chi connectivity index (χ0) is 15.7. The number of halogens is 1. The molecule has 0 atom stereocenters. The average Bonchev–Trinajstić information content (AvgIpc) is 2.50. The van der Waals surface area contributed by atoms with E-state index in [2.05, 4.69) is 22.1 Å². The zero-order valence-electron chi connectivity index (χ0n) is 13.9. The number of aliphatic imine (C=N–C) groups is 1. The van der Waals surface area contributed by atoms with E-state index in [1.54, 1.807) is 19.2 Å². The summed E-state index contributed by atoms with van der Waals surface area (Å²) in [7, 11) is 3.64. The molecule has 126 valence electrons. The van der Waals surface area contributed by atoms with Crippen LogP contribution < -0.4 is 10.1 Å². The third-order valence-corrected chi connectivity index (χ3v) is 3.23. The maximum atomic E-state index is 9.89. The van der Waals surface area contributed by atoms with Crippen LogP contribution in [-0.4, -0.2) is 43.2 Å². The molecule has 0 fully saturated rings. The molecule has 0 bridgehead atoms. The first kappa shape index (κ1) is 20.8. The number of nitrogens with zero attached hydrogens (tertiary/aromatic N) is 2. The fourth-order valence-electron chi connectivity index (χ4n) is 1.95. The van der Waals surface area contributed by atoms with Crippen LogP contribution in [0.15, 0.2) is 23.2 Å². The Labute approximate surface area is 150 Å². The molecule has 6 heteroatoms. The van der Waals surface area contributed by atoms with E-state index < -0.39 is 0 Å². The van der Waals surface area contributed by atoms with Crippen molar-refractivity contribution in [2.24, 2.45) is 4.99 Å². The summed E-state index contributed by atoms with van der Waals surface area (Å²) in [6.45, 7) is 6.42. The van der Waals surface area contributed by atoms with Gasteiger partial charge in [-0.05, 0) is 31.5 Å². The van der Waals surface area contributed by atoms with Crippen molar-refractivity contribution in [1.29, 1.82) is 0 Å². The Morgan fingerprint density at radius 3 is 2.68 bits per heavy atom. The molecule has 5 nitrogen and oxygen atoms in total. The monoisotopic (exact) mass is 421 g/mol. The standard InChI is InChI=1S/C16H27N3O2.HI/c1-5-7-10-19(3)16(17-6-2)18-12-13-11-14(21-4)8-9-15(13)20;/h8-9,11,20H,5-7,10,12H2,1-4H3,(H,17,18);1H. The predicted octanol–water partition coefficient (Wildman–Crippen LogP) is 3.22. The van der Waals surface area contributed by atoms with E-state index in [1.165, 1.54) is 0 Å². The second kappa shape index (κ2) is 11.4. The molecule has 0 spiro atoms. The summed E-state index contributed by atoms with van der Waals surface area (Å²) >= 11 is 0. The second-order valence-corrected chi connectivity index (χ2v) is 4.94. The second-order valence-electron chi connectivity index (χ2n) is 4.94. The summed E-state index contributed by atoms with van der Waals surface area (Å²) in [4.78, 5) is 6.70. The maximum absolute atomic E-state index is 9.89. The van der Waals surface area contributed by atoms with Crippen molar-refractivity contribution < 1.29 is 9.84 Å². The van der Waals surface area contributed by atoms with Crippen LogP contribution in [0.5, 0.6) is 11.5 Å². The topological polar surface area (TPSA) is 57.1 Å². The van der Waals surface area contributed by atoms with Crippen molar-refractivity contribution in [2.75, 3.05) is 27.2 Å². The first-order valence-corrected chi connectivity index (χ1v) is 7.47. The van der Waals surface area contributed by atoms with Crippen LogP contribution in [0.3, 0.4) is 0 Å². The Kier molecular flexibility index (Phi) is 10.8. The lowest BCUT2D eigenvalue weighted by Crippen LogP contribution is -2.39. The number of unbranched alkanes of at least 4 members (excludes halogenated alkanes) is 1. The number of aromatic hydroxyl groups is 1. The number of benzene rings is 1. The van der Waals surface area contributed by atoms with E-state index in [0.717, 1.165) is 43.2 Å². The van der Waals surface area contributed by atoms with Gasteiger partial charge in [0.05, 0.1) is 13.7 Å². The molecule has 0 heterocycles. The van der Waals surface area contributed by atoms with Gasteiger partial charge < -0.3 is 20.1 Å². The van der Waals surface area contributed by atoms with E-state index in [0.29, 0.717) is 6.54 Å². The Morgan fingerprint density at radius 2 is 2.09 bits per heavy atom. The molecule has 0 aliphatic rings. The van der Waals surface area contributed by atoms with Gasteiger partial charge in [0.2, 0.25) is 0 Å². The van der Waals surface area contributed by atoms with Crippen LogP contribution in [0.1, 0.15) is 32.3 Å². The molecule has 22 heavy (non-hydrogen) atoms. The Balaban J connectivity index is 0.00000441. The van der Waals surface area contributed by atoms with Crippen LogP contribution in [0.2, 0.25) is 0 Å².